The molecule has 2 aliphatic rings. The Kier molecular flexibility index (Phi) is 6.25. The van der Waals surface area contributed by atoms with E-state index in [9.17, 15) is 9.18 Å². The van der Waals surface area contributed by atoms with Gasteiger partial charge in [-0.3, -0.25) is 10.2 Å². The van der Waals surface area contributed by atoms with Gasteiger partial charge >= 0.3 is 6.03 Å². The molecule has 0 spiro atoms. The summed E-state index contributed by atoms with van der Waals surface area (Å²) in [6.07, 6.45) is 4.47. The van der Waals surface area contributed by atoms with Crippen LogP contribution < -0.4 is 15.5 Å². The molecule has 1 aromatic heterocycles. The highest BCUT2D eigenvalue weighted by Gasteiger charge is 2.22. The third kappa shape index (κ3) is 5.22. The number of nitrogens with one attached hydrogen (secondary N) is 2. The number of amides is 2. The molecule has 1 aliphatic carbocycles. The molecule has 2 N–H and O–H groups in total. The first-order chi connectivity index (χ1) is 14.1. The first-order valence-corrected chi connectivity index (χ1v) is 11.0. The topological polar surface area (TPSA) is 73.4 Å². The van der Waals surface area contributed by atoms with Crippen LogP contribution in [0.15, 0.2) is 18.2 Å². The third-order valence-electron chi connectivity index (χ3n) is 5.60. The van der Waals surface area contributed by atoms with Gasteiger partial charge in [0.2, 0.25) is 10.3 Å². The van der Waals surface area contributed by atoms with Gasteiger partial charge in [0.05, 0.1) is 0 Å². The first-order valence-electron chi connectivity index (χ1n) is 10.2. The largest absolute Gasteiger partial charge is 0.344 e. The molecule has 1 aliphatic heterocycles. The summed E-state index contributed by atoms with van der Waals surface area (Å²) in [5.41, 5.74) is 1.82. The number of urea groups is 1. The minimum absolute atomic E-state index is 0.156. The van der Waals surface area contributed by atoms with E-state index in [4.69, 9.17) is 0 Å². The number of hydrogen-bond donors (Lipinski definition) is 2. The molecule has 1 saturated carbocycles. The summed E-state index contributed by atoms with van der Waals surface area (Å²) in [7, 11) is 0. The number of aryl methyl sites for hydroxylation is 1. The molecule has 4 rings (SSSR count). The molecule has 2 aromatic rings. The van der Waals surface area contributed by atoms with Crippen LogP contribution in [0.1, 0.15) is 36.8 Å². The molecule has 9 heteroatoms. The van der Waals surface area contributed by atoms with Gasteiger partial charge in [0.25, 0.3) is 0 Å². The molecule has 0 atom stereocenters. The zero-order chi connectivity index (χ0) is 20.2. The predicted octanol–water partition coefficient (Wildman–Crippen LogP) is 3.37. The van der Waals surface area contributed by atoms with Crippen molar-refractivity contribution in [2.75, 3.05) is 36.4 Å². The fraction of sp³-hybridized carbons (Fsp3) is 0.550. The average molecular weight is 419 g/mol. The van der Waals surface area contributed by atoms with Gasteiger partial charge < -0.3 is 10.2 Å². The molecule has 1 aromatic carbocycles. The SMILES string of the molecule is Cc1cc(CN2CCN(c3nnc(NC(=O)NC4CCCC4)s3)CC2)ccc1F. The van der Waals surface area contributed by atoms with Crippen LogP contribution in [-0.4, -0.2) is 53.3 Å². The van der Waals surface area contributed by atoms with Gasteiger partial charge in [-0.05, 0) is 37.0 Å². The van der Waals surface area contributed by atoms with E-state index in [1.165, 1.54) is 24.2 Å². The molecule has 0 unspecified atom stereocenters. The molecule has 2 fully saturated rings. The summed E-state index contributed by atoms with van der Waals surface area (Å²) >= 11 is 1.41. The van der Waals surface area contributed by atoms with Crippen molar-refractivity contribution in [1.29, 1.82) is 0 Å². The summed E-state index contributed by atoms with van der Waals surface area (Å²) in [5, 5.41) is 15.5. The quantitative estimate of drug-likeness (QED) is 0.779. The predicted molar refractivity (Wildman–Crippen MR) is 113 cm³/mol. The maximum Gasteiger partial charge on any atom is 0.321 e. The van der Waals surface area contributed by atoms with Crippen LogP contribution in [0.2, 0.25) is 0 Å². The van der Waals surface area contributed by atoms with E-state index < -0.39 is 0 Å². The van der Waals surface area contributed by atoms with E-state index in [0.29, 0.717) is 10.7 Å². The molecule has 2 heterocycles. The van der Waals surface area contributed by atoms with E-state index in [0.717, 1.165) is 56.3 Å². The lowest BCUT2D eigenvalue weighted by Gasteiger charge is -2.34. The number of carbonyl (C=O) groups is 1. The Morgan fingerprint density at radius 2 is 1.97 bits per heavy atom. The van der Waals surface area contributed by atoms with Crippen molar-refractivity contribution in [2.24, 2.45) is 0 Å². The lowest BCUT2D eigenvalue weighted by molar-refractivity contribution is 0.248. The number of hydrogen-bond acceptors (Lipinski definition) is 6. The van der Waals surface area contributed by atoms with Crippen LogP contribution in [0, 0.1) is 12.7 Å². The summed E-state index contributed by atoms with van der Waals surface area (Å²) in [6, 6.07) is 5.40. The smallest absolute Gasteiger partial charge is 0.321 e. The van der Waals surface area contributed by atoms with Crippen molar-refractivity contribution in [3.05, 3.63) is 35.1 Å². The fourth-order valence-corrected chi connectivity index (χ4v) is 4.73. The van der Waals surface area contributed by atoms with Gasteiger partial charge in [-0.1, -0.05) is 36.3 Å². The second-order valence-electron chi connectivity index (χ2n) is 7.82. The number of halogens is 1. The normalized spacial score (nSPS) is 18.2. The molecule has 7 nitrogen and oxygen atoms in total. The van der Waals surface area contributed by atoms with Gasteiger partial charge in [0.15, 0.2) is 0 Å². The second kappa shape index (κ2) is 9.04. The van der Waals surface area contributed by atoms with Crippen LogP contribution in [0.25, 0.3) is 0 Å². The second-order valence-corrected chi connectivity index (χ2v) is 8.77. The van der Waals surface area contributed by atoms with Gasteiger partial charge in [-0.2, -0.15) is 0 Å². The standard InChI is InChI=1S/C20H27FN6OS/c1-14-12-15(6-7-17(14)21)13-26-8-10-27(11-9-26)20-25-24-19(29-20)23-18(28)22-16-4-2-3-5-16/h6-7,12,16H,2-5,8-11,13H2,1H3,(H2,22,23,24,28). The van der Waals surface area contributed by atoms with Crippen molar-refractivity contribution in [2.45, 2.75) is 45.2 Å². The Hall–Kier alpha value is -2.26. The molecular formula is C20H27FN6OS. The minimum Gasteiger partial charge on any atom is -0.344 e. The number of carbonyl (C=O) groups excluding carboxylic acids is 1. The van der Waals surface area contributed by atoms with Crippen LogP contribution in [0.3, 0.4) is 0 Å². The summed E-state index contributed by atoms with van der Waals surface area (Å²) in [4.78, 5) is 16.6. The van der Waals surface area contributed by atoms with E-state index in [1.54, 1.807) is 13.0 Å². The maximum absolute atomic E-state index is 13.4. The Balaban J connectivity index is 1.25. The molecule has 1 saturated heterocycles. The van der Waals surface area contributed by atoms with Gasteiger partial charge in [-0.25, -0.2) is 9.18 Å². The van der Waals surface area contributed by atoms with E-state index in [-0.39, 0.29) is 17.9 Å². The Bertz CT molecular complexity index is 845. The number of nitrogens with zero attached hydrogens (tertiary/aromatic N) is 4. The first kappa shape index (κ1) is 20.0. The Morgan fingerprint density at radius 3 is 2.69 bits per heavy atom. The van der Waals surface area contributed by atoms with Crippen LogP contribution in [0.5, 0.6) is 0 Å². The monoisotopic (exact) mass is 418 g/mol. The van der Waals surface area contributed by atoms with Crippen molar-refractivity contribution < 1.29 is 9.18 Å². The van der Waals surface area contributed by atoms with Gasteiger partial charge in [-0.15, -0.1) is 10.2 Å². The van der Waals surface area contributed by atoms with E-state index in [2.05, 4.69) is 30.6 Å². The molecular weight excluding hydrogens is 391 g/mol. The zero-order valence-corrected chi connectivity index (χ0v) is 17.5. The maximum atomic E-state index is 13.4. The molecule has 0 bridgehead atoms. The van der Waals surface area contributed by atoms with Crippen molar-refractivity contribution in [3.63, 3.8) is 0 Å². The molecule has 0 radical (unpaired) electrons. The highest BCUT2D eigenvalue weighted by atomic mass is 32.1. The average Bonchev–Trinajstić information content (AvgIpc) is 3.38. The fourth-order valence-electron chi connectivity index (χ4n) is 3.94. The van der Waals surface area contributed by atoms with Crippen molar-refractivity contribution in [3.8, 4) is 0 Å². The number of benzene rings is 1. The lowest BCUT2D eigenvalue weighted by atomic mass is 10.1. The highest BCUT2D eigenvalue weighted by molar-refractivity contribution is 7.19. The van der Waals surface area contributed by atoms with Crippen molar-refractivity contribution >= 4 is 27.6 Å². The summed E-state index contributed by atoms with van der Waals surface area (Å²) in [5.74, 6) is -0.156. The van der Waals surface area contributed by atoms with Crippen molar-refractivity contribution in [1.82, 2.24) is 20.4 Å². The van der Waals surface area contributed by atoms with E-state index >= 15 is 0 Å². The van der Waals surface area contributed by atoms with E-state index in [1.807, 2.05) is 12.1 Å². The Morgan fingerprint density at radius 1 is 1.21 bits per heavy atom. The number of piperazine rings is 1. The van der Waals surface area contributed by atoms with Gasteiger partial charge in [0.1, 0.15) is 5.82 Å². The molecule has 29 heavy (non-hydrogen) atoms. The lowest BCUT2D eigenvalue weighted by Crippen LogP contribution is -2.45. The zero-order valence-electron chi connectivity index (χ0n) is 16.7. The van der Waals surface area contributed by atoms with Crippen LogP contribution in [-0.2, 0) is 6.54 Å². The number of anilines is 2. The van der Waals surface area contributed by atoms with Gasteiger partial charge in [0, 0.05) is 38.8 Å². The number of aromatic nitrogens is 2. The highest BCUT2D eigenvalue weighted by Crippen LogP contribution is 2.25. The minimum atomic E-state index is -0.195. The summed E-state index contributed by atoms with van der Waals surface area (Å²) < 4.78 is 13.4. The van der Waals surface area contributed by atoms with Crippen LogP contribution in [0.4, 0.5) is 19.4 Å². The molecule has 2 amide bonds. The van der Waals surface area contributed by atoms with Crippen LogP contribution >= 0.6 is 11.3 Å². The number of rotatable bonds is 5. The molecule has 156 valence electrons. The Labute approximate surface area is 174 Å². The third-order valence-corrected chi connectivity index (χ3v) is 6.50. The summed E-state index contributed by atoms with van der Waals surface area (Å²) in [6.45, 7) is 6.12.